The molecule has 0 saturated heterocycles. The SMILES string of the molecule is Cc1cc([N+](=O)[O-])ccc1NC(=O)N(C1CCCCC1)C1CCCCC1. The van der Waals surface area contributed by atoms with Gasteiger partial charge in [-0.1, -0.05) is 38.5 Å². The van der Waals surface area contributed by atoms with Crippen LogP contribution in [0.4, 0.5) is 16.2 Å². The van der Waals surface area contributed by atoms with Crippen LogP contribution in [0.5, 0.6) is 0 Å². The average molecular weight is 359 g/mol. The summed E-state index contributed by atoms with van der Waals surface area (Å²) in [4.78, 5) is 25.8. The fourth-order valence-corrected chi connectivity index (χ4v) is 4.43. The number of nitro groups is 1. The van der Waals surface area contributed by atoms with Gasteiger partial charge in [0.1, 0.15) is 0 Å². The molecule has 0 bridgehead atoms. The number of carbonyl (C=O) groups excluding carboxylic acids is 1. The molecule has 3 rings (SSSR count). The summed E-state index contributed by atoms with van der Waals surface area (Å²) >= 11 is 0. The molecule has 0 aliphatic heterocycles. The lowest BCUT2D eigenvalue weighted by atomic mass is 9.89. The number of anilines is 1. The minimum Gasteiger partial charge on any atom is -0.319 e. The highest BCUT2D eigenvalue weighted by Gasteiger charge is 2.32. The first-order chi connectivity index (χ1) is 12.6. The first-order valence-corrected chi connectivity index (χ1v) is 9.90. The molecule has 2 aliphatic carbocycles. The first-order valence-electron chi connectivity index (χ1n) is 9.90. The summed E-state index contributed by atoms with van der Waals surface area (Å²) in [6.45, 7) is 1.80. The van der Waals surface area contributed by atoms with Gasteiger partial charge in [0.15, 0.2) is 0 Å². The van der Waals surface area contributed by atoms with Gasteiger partial charge in [-0.3, -0.25) is 10.1 Å². The first kappa shape index (κ1) is 18.7. The smallest absolute Gasteiger partial charge is 0.319 e. The number of hydrogen-bond acceptors (Lipinski definition) is 3. The normalized spacial score (nSPS) is 19.1. The third kappa shape index (κ3) is 4.34. The molecular weight excluding hydrogens is 330 g/mol. The van der Waals surface area contributed by atoms with Gasteiger partial charge >= 0.3 is 6.03 Å². The Morgan fingerprint density at radius 2 is 1.58 bits per heavy atom. The van der Waals surface area contributed by atoms with Crippen LogP contribution in [0.25, 0.3) is 0 Å². The van der Waals surface area contributed by atoms with Crippen LogP contribution in [0.2, 0.25) is 0 Å². The summed E-state index contributed by atoms with van der Waals surface area (Å²) in [5.41, 5.74) is 1.44. The zero-order chi connectivity index (χ0) is 18.5. The van der Waals surface area contributed by atoms with Crippen LogP contribution in [0, 0.1) is 17.0 Å². The molecule has 1 N–H and O–H groups in total. The second-order valence-electron chi connectivity index (χ2n) is 7.68. The van der Waals surface area contributed by atoms with E-state index in [9.17, 15) is 14.9 Å². The number of rotatable bonds is 4. The van der Waals surface area contributed by atoms with Gasteiger partial charge in [0.2, 0.25) is 0 Å². The van der Waals surface area contributed by atoms with Crippen molar-refractivity contribution in [1.29, 1.82) is 0 Å². The predicted molar refractivity (Wildman–Crippen MR) is 102 cm³/mol. The van der Waals surface area contributed by atoms with Gasteiger partial charge in [-0.25, -0.2) is 4.79 Å². The highest BCUT2D eigenvalue weighted by molar-refractivity contribution is 5.90. The zero-order valence-electron chi connectivity index (χ0n) is 15.6. The van der Waals surface area contributed by atoms with E-state index in [0.29, 0.717) is 17.8 Å². The van der Waals surface area contributed by atoms with Crippen molar-refractivity contribution in [1.82, 2.24) is 4.90 Å². The molecule has 6 nitrogen and oxygen atoms in total. The lowest BCUT2D eigenvalue weighted by Crippen LogP contribution is -2.50. The van der Waals surface area contributed by atoms with E-state index < -0.39 is 4.92 Å². The van der Waals surface area contributed by atoms with Crippen LogP contribution in [-0.4, -0.2) is 27.9 Å². The number of carbonyl (C=O) groups is 1. The Bertz CT molecular complexity index is 632. The van der Waals surface area contributed by atoms with E-state index in [2.05, 4.69) is 10.2 Å². The lowest BCUT2D eigenvalue weighted by Gasteiger charge is -2.41. The Labute approximate surface area is 155 Å². The lowest BCUT2D eigenvalue weighted by molar-refractivity contribution is -0.384. The number of nitrogens with zero attached hydrogens (tertiary/aromatic N) is 2. The Morgan fingerprint density at radius 3 is 2.04 bits per heavy atom. The van der Waals surface area contributed by atoms with Gasteiger partial charge in [-0.15, -0.1) is 0 Å². The van der Waals surface area contributed by atoms with Gasteiger partial charge in [0, 0.05) is 29.9 Å². The van der Waals surface area contributed by atoms with Crippen molar-refractivity contribution >= 4 is 17.4 Å². The van der Waals surface area contributed by atoms with E-state index in [-0.39, 0.29) is 11.7 Å². The van der Waals surface area contributed by atoms with Crippen molar-refractivity contribution in [3.05, 3.63) is 33.9 Å². The number of nitrogens with one attached hydrogen (secondary N) is 1. The number of urea groups is 1. The monoisotopic (exact) mass is 359 g/mol. The molecule has 2 saturated carbocycles. The summed E-state index contributed by atoms with van der Waals surface area (Å²) in [6, 6.07) is 5.22. The summed E-state index contributed by atoms with van der Waals surface area (Å²) in [7, 11) is 0. The molecule has 26 heavy (non-hydrogen) atoms. The summed E-state index contributed by atoms with van der Waals surface area (Å²) in [6.07, 6.45) is 11.6. The molecule has 0 aromatic heterocycles. The number of aryl methyl sites for hydroxylation is 1. The minimum atomic E-state index is -0.408. The molecule has 1 aromatic rings. The van der Waals surface area contributed by atoms with Crippen molar-refractivity contribution in [3.63, 3.8) is 0 Å². The highest BCUT2D eigenvalue weighted by Crippen LogP contribution is 2.31. The molecule has 0 heterocycles. The van der Waals surface area contributed by atoms with Gasteiger partial charge in [0.05, 0.1) is 4.92 Å². The van der Waals surface area contributed by atoms with E-state index in [0.717, 1.165) is 31.2 Å². The van der Waals surface area contributed by atoms with Gasteiger partial charge in [0.25, 0.3) is 5.69 Å². The van der Waals surface area contributed by atoms with Gasteiger partial charge in [-0.2, -0.15) is 0 Å². The number of amides is 2. The van der Waals surface area contributed by atoms with E-state index in [4.69, 9.17) is 0 Å². The fraction of sp³-hybridized carbons (Fsp3) is 0.650. The number of benzene rings is 1. The maximum atomic E-state index is 13.2. The molecule has 2 fully saturated rings. The molecule has 1 aromatic carbocycles. The molecule has 0 spiro atoms. The third-order valence-corrected chi connectivity index (χ3v) is 5.83. The second-order valence-corrected chi connectivity index (χ2v) is 7.68. The van der Waals surface area contributed by atoms with E-state index in [1.54, 1.807) is 13.0 Å². The number of nitro benzene ring substituents is 1. The topological polar surface area (TPSA) is 75.5 Å². The van der Waals surface area contributed by atoms with E-state index >= 15 is 0 Å². The van der Waals surface area contributed by atoms with Crippen LogP contribution in [0.1, 0.15) is 69.8 Å². The molecule has 0 unspecified atom stereocenters. The largest absolute Gasteiger partial charge is 0.322 e. The highest BCUT2D eigenvalue weighted by atomic mass is 16.6. The summed E-state index contributed by atoms with van der Waals surface area (Å²) < 4.78 is 0. The number of hydrogen-bond donors (Lipinski definition) is 1. The van der Waals surface area contributed by atoms with Crippen molar-refractivity contribution in [3.8, 4) is 0 Å². The van der Waals surface area contributed by atoms with Crippen LogP contribution >= 0.6 is 0 Å². The molecular formula is C20H29N3O3. The standard InChI is InChI=1S/C20H29N3O3/c1-15-14-18(23(25)26)12-13-19(15)21-20(24)22(16-8-4-2-5-9-16)17-10-6-3-7-11-17/h12-14,16-17H,2-11H2,1H3,(H,21,24). The fourth-order valence-electron chi connectivity index (χ4n) is 4.43. The van der Waals surface area contributed by atoms with E-state index in [1.807, 2.05) is 0 Å². The van der Waals surface area contributed by atoms with Crippen molar-refractivity contribution in [2.45, 2.75) is 83.2 Å². The quantitative estimate of drug-likeness (QED) is 0.577. The molecule has 0 atom stereocenters. The van der Waals surface area contributed by atoms with Crippen LogP contribution in [-0.2, 0) is 0 Å². The van der Waals surface area contributed by atoms with Gasteiger partial charge < -0.3 is 10.2 Å². The molecule has 2 aliphatic rings. The maximum Gasteiger partial charge on any atom is 0.322 e. The summed E-state index contributed by atoms with van der Waals surface area (Å²) in [5.74, 6) is 0. The van der Waals surface area contributed by atoms with Gasteiger partial charge in [-0.05, 0) is 44.2 Å². The van der Waals surface area contributed by atoms with Crippen molar-refractivity contribution < 1.29 is 9.72 Å². The Balaban J connectivity index is 1.77. The Kier molecular flexibility index (Phi) is 6.12. The molecule has 2 amide bonds. The molecule has 6 heteroatoms. The Morgan fingerprint density at radius 1 is 1.04 bits per heavy atom. The third-order valence-electron chi connectivity index (χ3n) is 5.83. The minimum absolute atomic E-state index is 0.0410. The van der Waals surface area contributed by atoms with Crippen LogP contribution in [0.15, 0.2) is 18.2 Å². The number of non-ortho nitro benzene ring substituents is 1. The molecule has 0 radical (unpaired) electrons. The second kappa shape index (κ2) is 8.52. The molecule has 142 valence electrons. The zero-order valence-corrected chi connectivity index (χ0v) is 15.6. The average Bonchev–Trinajstić information content (AvgIpc) is 2.65. The maximum absolute atomic E-state index is 13.2. The Hall–Kier alpha value is -2.11. The van der Waals surface area contributed by atoms with Crippen LogP contribution < -0.4 is 5.32 Å². The van der Waals surface area contributed by atoms with Crippen molar-refractivity contribution in [2.24, 2.45) is 0 Å². The van der Waals surface area contributed by atoms with E-state index in [1.165, 1.54) is 50.7 Å². The van der Waals surface area contributed by atoms with Crippen LogP contribution in [0.3, 0.4) is 0 Å². The summed E-state index contributed by atoms with van der Waals surface area (Å²) in [5, 5.41) is 14.0. The van der Waals surface area contributed by atoms with Crippen molar-refractivity contribution in [2.75, 3.05) is 5.32 Å². The predicted octanol–water partition coefficient (Wildman–Crippen LogP) is 5.40.